The molecule has 0 fully saturated rings. The molecule has 0 radical (unpaired) electrons. The van der Waals surface area contributed by atoms with Crippen LogP contribution in [-0.2, 0) is 19.1 Å². The van der Waals surface area contributed by atoms with E-state index in [2.05, 4.69) is 10.3 Å². The lowest BCUT2D eigenvalue weighted by Crippen LogP contribution is -2.32. The summed E-state index contributed by atoms with van der Waals surface area (Å²) < 4.78 is 10.6. The zero-order valence-corrected chi connectivity index (χ0v) is 18.2. The molecule has 3 rings (SSSR count). The van der Waals surface area contributed by atoms with Crippen molar-refractivity contribution < 1.29 is 19.1 Å². The van der Waals surface area contributed by atoms with Crippen LogP contribution >= 0.6 is 11.3 Å². The third-order valence-electron chi connectivity index (χ3n) is 5.22. The second-order valence-electron chi connectivity index (χ2n) is 7.51. The van der Waals surface area contributed by atoms with E-state index in [1.807, 2.05) is 56.7 Å². The second kappa shape index (κ2) is 8.37. The van der Waals surface area contributed by atoms with Crippen LogP contribution in [0.4, 0.5) is 0 Å². The summed E-state index contributed by atoms with van der Waals surface area (Å²) in [6.45, 7) is 7.83. The normalized spacial score (nSPS) is 23.8. The maximum atomic E-state index is 13.1. The Morgan fingerprint density at radius 2 is 1.90 bits per heavy atom. The van der Waals surface area contributed by atoms with E-state index >= 15 is 0 Å². The Bertz CT molecular complexity index is 940. The highest BCUT2D eigenvalue weighted by molar-refractivity contribution is 7.08. The van der Waals surface area contributed by atoms with Crippen molar-refractivity contribution in [1.82, 2.24) is 5.32 Å². The van der Waals surface area contributed by atoms with E-state index in [0.29, 0.717) is 29.0 Å². The number of allylic oxidation sites excluding steroid dienone is 3. The van der Waals surface area contributed by atoms with Crippen molar-refractivity contribution in [3.05, 3.63) is 57.1 Å². The summed E-state index contributed by atoms with van der Waals surface area (Å²) in [7, 11) is 1.34. The third kappa shape index (κ3) is 4.34. The predicted molar refractivity (Wildman–Crippen MR) is 114 cm³/mol. The van der Waals surface area contributed by atoms with Crippen LogP contribution in [0.1, 0.15) is 45.6 Å². The van der Waals surface area contributed by atoms with E-state index in [-0.39, 0.29) is 12.1 Å². The van der Waals surface area contributed by atoms with Crippen LogP contribution in [-0.4, -0.2) is 36.9 Å². The first-order valence-corrected chi connectivity index (χ1v) is 10.4. The van der Waals surface area contributed by atoms with Crippen LogP contribution in [0.2, 0.25) is 0 Å². The molecule has 0 amide bonds. The summed E-state index contributed by atoms with van der Waals surface area (Å²) in [5.41, 5.74) is 3.70. The Morgan fingerprint density at radius 3 is 2.45 bits per heavy atom. The maximum Gasteiger partial charge on any atom is 0.336 e. The number of ether oxygens (including phenoxy) is 2. The molecule has 0 saturated carbocycles. The Kier molecular flexibility index (Phi) is 6.07. The average molecular weight is 415 g/mol. The number of aliphatic imine (C=N–C) groups is 1. The number of nitrogens with zero attached hydrogens (tertiary/aromatic N) is 1. The highest BCUT2D eigenvalue weighted by atomic mass is 32.1. The molecule has 2 atom stereocenters. The highest BCUT2D eigenvalue weighted by Gasteiger charge is 2.38. The molecule has 1 aromatic rings. The quantitative estimate of drug-likeness (QED) is 0.715. The number of dihydropyridines is 1. The van der Waals surface area contributed by atoms with Crippen molar-refractivity contribution in [2.75, 3.05) is 13.7 Å². The van der Waals surface area contributed by atoms with Gasteiger partial charge in [0, 0.05) is 23.5 Å². The van der Waals surface area contributed by atoms with E-state index in [9.17, 15) is 9.59 Å². The Morgan fingerprint density at radius 1 is 1.21 bits per heavy atom. The van der Waals surface area contributed by atoms with Gasteiger partial charge in [-0.3, -0.25) is 4.99 Å². The van der Waals surface area contributed by atoms with Gasteiger partial charge in [0.25, 0.3) is 0 Å². The summed E-state index contributed by atoms with van der Waals surface area (Å²) >= 11 is 1.51. The zero-order chi connectivity index (χ0) is 21.2. The fraction of sp³-hybridized carbons (Fsp3) is 0.409. The van der Waals surface area contributed by atoms with E-state index < -0.39 is 17.9 Å². The highest BCUT2D eigenvalue weighted by Crippen LogP contribution is 2.40. The van der Waals surface area contributed by atoms with Gasteiger partial charge in [0.15, 0.2) is 0 Å². The first-order valence-electron chi connectivity index (χ1n) is 9.47. The number of carbonyl (C=O) groups excluding carboxylic acids is 2. The Balaban J connectivity index is 1.83. The number of thiophene rings is 1. The molecular weight excluding hydrogens is 388 g/mol. The van der Waals surface area contributed by atoms with Crippen molar-refractivity contribution in [2.24, 2.45) is 4.99 Å². The summed E-state index contributed by atoms with van der Waals surface area (Å²) in [6, 6.07) is 1.92. The van der Waals surface area contributed by atoms with Crippen LogP contribution in [0.5, 0.6) is 0 Å². The molecule has 0 bridgehead atoms. The third-order valence-corrected chi connectivity index (χ3v) is 5.92. The molecule has 3 heterocycles. The van der Waals surface area contributed by atoms with Crippen LogP contribution in [0.25, 0.3) is 0 Å². The summed E-state index contributed by atoms with van der Waals surface area (Å²) in [4.78, 5) is 30.2. The molecule has 0 saturated heterocycles. The average Bonchev–Trinajstić information content (AvgIpc) is 3.30. The molecule has 2 aliphatic rings. The molecular formula is C22H26N2O4S. The second-order valence-corrected chi connectivity index (χ2v) is 8.29. The molecule has 29 heavy (non-hydrogen) atoms. The molecule has 1 N–H and O–H groups in total. The summed E-state index contributed by atoms with van der Waals surface area (Å²) in [6.07, 6.45) is 4.59. The number of rotatable bonds is 6. The van der Waals surface area contributed by atoms with E-state index in [4.69, 9.17) is 9.47 Å². The minimum atomic E-state index is -0.523. The summed E-state index contributed by atoms with van der Waals surface area (Å²) in [5.74, 6) is -1.42. The zero-order valence-electron chi connectivity index (χ0n) is 17.4. The van der Waals surface area contributed by atoms with Gasteiger partial charge in [0.05, 0.1) is 36.3 Å². The lowest BCUT2D eigenvalue weighted by molar-refractivity contribution is -0.139. The van der Waals surface area contributed by atoms with Gasteiger partial charge in [-0.05, 0) is 56.2 Å². The molecule has 1 aromatic heterocycles. The summed E-state index contributed by atoms with van der Waals surface area (Å²) in [5, 5.41) is 7.00. The van der Waals surface area contributed by atoms with Crippen molar-refractivity contribution in [2.45, 2.75) is 45.6 Å². The van der Waals surface area contributed by atoms with Gasteiger partial charge < -0.3 is 14.8 Å². The largest absolute Gasteiger partial charge is 0.466 e. The molecule has 0 aliphatic carbocycles. The number of esters is 2. The number of methoxy groups -OCH3 is 1. The van der Waals surface area contributed by atoms with Gasteiger partial charge in [0.1, 0.15) is 0 Å². The molecule has 0 aromatic carbocycles. The van der Waals surface area contributed by atoms with E-state index in [1.54, 1.807) is 0 Å². The molecule has 2 unspecified atom stereocenters. The van der Waals surface area contributed by atoms with Crippen molar-refractivity contribution in [3.63, 3.8) is 0 Å². The van der Waals surface area contributed by atoms with Crippen molar-refractivity contribution in [3.8, 4) is 0 Å². The predicted octanol–water partition coefficient (Wildman–Crippen LogP) is 3.88. The van der Waals surface area contributed by atoms with E-state index in [0.717, 1.165) is 11.3 Å². The van der Waals surface area contributed by atoms with Crippen LogP contribution < -0.4 is 5.32 Å². The standard InChI is InChI=1S/C22H26N2O4S/c1-13-6-8-22(4,24-13)9-10-28-21(26)18-15(3)23-14(2)17(20(25)27-5)19(18)16-7-11-29-12-16/h6-8,11-12,19,23H,9-10H2,1-5H3. The fourth-order valence-corrected chi connectivity index (χ4v) is 4.45. The SMILES string of the molecule is COC(=O)C1=C(C)NC(C)=C(C(=O)OCCC2(C)C=CC(C)=N2)C1c1ccsc1. The molecule has 6 nitrogen and oxygen atoms in total. The maximum absolute atomic E-state index is 13.1. The van der Waals surface area contributed by atoms with Crippen LogP contribution in [0, 0.1) is 0 Å². The minimum absolute atomic E-state index is 0.236. The topological polar surface area (TPSA) is 77.0 Å². The van der Waals surface area contributed by atoms with E-state index in [1.165, 1.54) is 18.4 Å². The van der Waals surface area contributed by atoms with Gasteiger partial charge >= 0.3 is 11.9 Å². The van der Waals surface area contributed by atoms with Gasteiger partial charge in [-0.2, -0.15) is 11.3 Å². The number of hydrogen-bond donors (Lipinski definition) is 1. The smallest absolute Gasteiger partial charge is 0.336 e. The fourth-order valence-electron chi connectivity index (χ4n) is 3.76. The molecule has 7 heteroatoms. The van der Waals surface area contributed by atoms with Crippen molar-refractivity contribution in [1.29, 1.82) is 0 Å². The molecule has 2 aliphatic heterocycles. The van der Waals surface area contributed by atoms with Gasteiger partial charge in [-0.25, -0.2) is 9.59 Å². The van der Waals surface area contributed by atoms with Crippen LogP contribution in [0.15, 0.2) is 56.5 Å². The van der Waals surface area contributed by atoms with Gasteiger partial charge in [0.2, 0.25) is 0 Å². The number of hydrogen-bond acceptors (Lipinski definition) is 7. The monoisotopic (exact) mass is 414 g/mol. The van der Waals surface area contributed by atoms with Gasteiger partial charge in [-0.1, -0.05) is 6.08 Å². The van der Waals surface area contributed by atoms with Crippen LogP contribution in [0.3, 0.4) is 0 Å². The Labute approximate surface area is 175 Å². The number of nitrogens with one attached hydrogen (secondary N) is 1. The minimum Gasteiger partial charge on any atom is -0.466 e. The first kappa shape index (κ1) is 21.0. The van der Waals surface area contributed by atoms with Crippen molar-refractivity contribution >= 4 is 29.0 Å². The lowest BCUT2D eigenvalue weighted by atomic mass is 9.81. The first-order chi connectivity index (χ1) is 13.8. The lowest BCUT2D eigenvalue weighted by Gasteiger charge is -2.30. The Hall–Kier alpha value is -2.67. The molecule has 154 valence electrons. The number of carbonyl (C=O) groups is 2. The van der Waals surface area contributed by atoms with Gasteiger partial charge in [-0.15, -0.1) is 0 Å². The molecule has 0 spiro atoms.